The molecule has 3 unspecified atom stereocenters. The summed E-state index contributed by atoms with van der Waals surface area (Å²) in [5, 5.41) is 3.67. The summed E-state index contributed by atoms with van der Waals surface area (Å²) in [4.78, 5) is 1.30. The fourth-order valence-corrected chi connectivity index (χ4v) is 3.59. The van der Waals surface area contributed by atoms with E-state index in [0.29, 0.717) is 18.2 Å². The monoisotopic (exact) mass is 273 g/mol. The minimum Gasteiger partial charge on any atom is -0.381 e. The molecule has 2 rings (SSSR count). The van der Waals surface area contributed by atoms with Crippen LogP contribution in [-0.2, 0) is 4.74 Å². The summed E-state index contributed by atoms with van der Waals surface area (Å²) < 4.78 is 6.32. The highest BCUT2D eigenvalue weighted by Crippen LogP contribution is 2.43. The summed E-state index contributed by atoms with van der Waals surface area (Å²) in [5.41, 5.74) is 0.212. The van der Waals surface area contributed by atoms with Gasteiger partial charge in [0.2, 0.25) is 0 Å². The summed E-state index contributed by atoms with van der Waals surface area (Å²) >= 11 is 7.61. The van der Waals surface area contributed by atoms with Gasteiger partial charge in [0, 0.05) is 29.5 Å². The summed E-state index contributed by atoms with van der Waals surface area (Å²) in [7, 11) is 1.80. The first-order chi connectivity index (χ1) is 7.95. The number of hydrogen-bond donors (Lipinski definition) is 1. The Balaban J connectivity index is 1.95. The second-order valence-electron chi connectivity index (χ2n) is 5.36. The van der Waals surface area contributed by atoms with Crippen molar-refractivity contribution >= 4 is 22.9 Å². The number of thiophene rings is 1. The molecule has 0 amide bonds. The highest BCUT2D eigenvalue weighted by molar-refractivity contribution is 7.16. The van der Waals surface area contributed by atoms with E-state index in [9.17, 15) is 0 Å². The van der Waals surface area contributed by atoms with Crippen LogP contribution in [0.25, 0.3) is 0 Å². The van der Waals surface area contributed by atoms with Crippen LogP contribution in [0.4, 0.5) is 0 Å². The van der Waals surface area contributed by atoms with E-state index in [1.54, 1.807) is 18.4 Å². The number of rotatable bonds is 4. The molecule has 1 heterocycles. The molecule has 1 aromatic rings. The number of methoxy groups -OCH3 is 1. The van der Waals surface area contributed by atoms with E-state index in [0.717, 1.165) is 10.8 Å². The van der Waals surface area contributed by atoms with Crippen molar-refractivity contribution < 1.29 is 4.74 Å². The smallest absolute Gasteiger partial charge is 0.0931 e. The third-order valence-corrected chi connectivity index (χ3v) is 5.35. The standard InChI is InChI=1S/C13H20ClNOS/c1-8(9-5-6-12(14)17-9)15-10-7-11(16-4)13(10,2)3/h5-6,8,10-11,15H,7H2,1-4H3. The van der Waals surface area contributed by atoms with Crippen molar-refractivity contribution in [2.24, 2.45) is 5.41 Å². The topological polar surface area (TPSA) is 21.3 Å². The molecular weight excluding hydrogens is 254 g/mol. The van der Waals surface area contributed by atoms with E-state index < -0.39 is 0 Å². The summed E-state index contributed by atoms with van der Waals surface area (Å²) in [6.07, 6.45) is 1.46. The number of ether oxygens (including phenoxy) is 1. The molecule has 0 bridgehead atoms. The van der Waals surface area contributed by atoms with Gasteiger partial charge in [-0.3, -0.25) is 0 Å². The molecule has 0 spiro atoms. The lowest BCUT2D eigenvalue weighted by molar-refractivity contribution is -0.0998. The van der Waals surface area contributed by atoms with Crippen molar-refractivity contribution in [2.75, 3.05) is 7.11 Å². The Morgan fingerprint density at radius 3 is 2.71 bits per heavy atom. The predicted molar refractivity (Wildman–Crippen MR) is 73.9 cm³/mol. The molecule has 0 radical (unpaired) electrons. The number of hydrogen-bond acceptors (Lipinski definition) is 3. The van der Waals surface area contributed by atoms with Crippen LogP contribution in [-0.4, -0.2) is 19.3 Å². The Morgan fingerprint density at radius 1 is 1.53 bits per heavy atom. The maximum absolute atomic E-state index is 5.96. The quantitative estimate of drug-likeness (QED) is 0.899. The van der Waals surface area contributed by atoms with Crippen molar-refractivity contribution in [3.63, 3.8) is 0 Å². The Labute approximate surface area is 112 Å². The van der Waals surface area contributed by atoms with Gasteiger partial charge in [-0.25, -0.2) is 0 Å². The summed E-state index contributed by atoms with van der Waals surface area (Å²) in [6.45, 7) is 6.71. The van der Waals surface area contributed by atoms with Gasteiger partial charge in [-0.2, -0.15) is 0 Å². The third kappa shape index (κ3) is 2.53. The first-order valence-corrected chi connectivity index (χ1v) is 7.18. The lowest BCUT2D eigenvalue weighted by Crippen LogP contribution is -2.60. The number of halogens is 1. The van der Waals surface area contributed by atoms with E-state index in [4.69, 9.17) is 16.3 Å². The van der Waals surface area contributed by atoms with Crippen LogP contribution in [0.15, 0.2) is 12.1 Å². The normalized spacial score (nSPS) is 28.8. The van der Waals surface area contributed by atoms with E-state index >= 15 is 0 Å². The minimum absolute atomic E-state index is 0.212. The largest absolute Gasteiger partial charge is 0.381 e. The lowest BCUT2D eigenvalue weighted by Gasteiger charge is -2.52. The van der Waals surface area contributed by atoms with Crippen molar-refractivity contribution in [3.8, 4) is 0 Å². The van der Waals surface area contributed by atoms with Gasteiger partial charge in [-0.1, -0.05) is 25.4 Å². The number of nitrogens with one attached hydrogen (secondary N) is 1. The van der Waals surface area contributed by atoms with Crippen molar-refractivity contribution in [1.82, 2.24) is 5.32 Å². The average molecular weight is 274 g/mol. The Kier molecular flexibility index (Phi) is 3.83. The molecule has 1 aliphatic rings. The van der Waals surface area contributed by atoms with Crippen LogP contribution in [0.2, 0.25) is 4.34 Å². The molecule has 1 fully saturated rings. The molecule has 17 heavy (non-hydrogen) atoms. The zero-order chi connectivity index (χ0) is 12.6. The summed E-state index contributed by atoms with van der Waals surface area (Å²) in [6, 6.07) is 4.94. The molecule has 0 saturated heterocycles. The van der Waals surface area contributed by atoms with E-state index in [-0.39, 0.29) is 5.41 Å². The second-order valence-corrected chi connectivity index (χ2v) is 7.11. The molecule has 1 saturated carbocycles. The molecule has 0 aromatic carbocycles. The lowest BCUT2D eigenvalue weighted by atomic mass is 9.64. The first kappa shape index (κ1) is 13.3. The van der Waals surface area contributed by atoms with Crippen LogP contribution >= 0.6 is 22.9 Å². The Hall–Kier alpha value is -0.0900. The molecule has 1 N–H and O–H groups in total. The highest BCUT2D eigenvalue weighted by Gasteiger charge is 2.48. The fourth-order valence-electron chi connectivity index (χ4n) is 2.51. The zero-order valence-corrected chi connectivity index (χ0v) is 12.4. The Bertz CT molecular complexity index is 391. The van der Waals surface area contributed by atoms with Crippen molar-refractivity contribution in [3.05, 3.63) is 21.3 Å². The van der Waals surface area contributed by atoms with Gasteiger partial charge in [0.05, 0.1) is 10.4 Å². The molecule has 2 nitrogen and oxygen atoms in total. The molecule has 4 heteroatoms. The molecule has 1 aliphatic carbocycles. The van der Waals surface area contributed by atoms with E-state index in [2.05, 4.69) is 32.2 Å². The van der Waals surface area contributed by atoms with Gasteiger partial charge in [0.25, 0.3) is 0 Å². The van der Waals surface area contributed by atoms with E-state index in [1.165, 1.54) is 4.88 Å². The van der Waals surface area contributed by atoms with Crippen LogP contribution in [0.1, 0.15) is 38.1 Å². The van der Waals surface area contributed by atoms with Crippen molar-refractivity contribution in [2.45, 2.75) is 45.4 Å². The van der Waals surface area contributed by atoms with Crippen LogP contribution in [0, 0.1) is 5.41 Å². The van der Waals surface area contributed by atoms with Gasteiger partial charge in [-0.05, 0) is 25.5 Å². The van der Waals surface area contributed by atoms with Gasteiger partial charge < -0.3 is 10.1 Å². The van der Waals surface area contributed by atoms with Crippen molar-refractivity contribution in [1.29, 1.82) is 0 Å². The highest BCUT2D eigenvalue weighted by atomic mass is 35.5. The van der Waals surface area contributed by atoms with Crippen LogP contribution in [0.5, 0.6) is 0 Å². The fraction of sp³-hybridized carbons (Fsp3) is 0.692. The van der Waals surface area contributed by atoms with Gasteiger partial charge >= 0.3 is 0 Å². The van der Waals surface area contributed by atoms with Gasteiger partial charge in [0.15, 0.2) is 0 Å². The Morgan fingerprint density at radius 2 is 2.24 bits per heavy atom. The summed E-state index contributed by atoms with van der Waals surface area (Å²) in [5.74, 6) is 0. The first-order valence-electron chi connectivity index (χ1n) is 5.99. The maximum Gasteiger partial charge on any atom is 0.0931 e. The molecular formula is C13H20ClNOS. The molecule has 3 atom stereocenters. The third-order valence-electron chi connectivity index (χ3n) is 3.93. The van der Waals surface area contributed by atoms with Gasteiger partial charge in [-0.15, -0.1) is 11.3 Å². The zero-order valence-electron chi connectivity index (χ0n) is 10.8. The van der Waals surface area contributed by atoms with Crippen LogP contribution < -0.4 is 5.32 Å². The van der Waals surface area contributed by atoms with Crippen LogP contribution in [0.3, 0.4) is 0 Å². The molecule has 96 valence electrons. The predicted octanol–water partition coefficient (Wildman–Crippen LogP) is 3.87. The SMILES string of the molecule is COC1CC(NC(C)c2ccc(Cl)s2)C1(C)C. The minimum atomic E-state index is 0.212. The van der Waals surface area contributed by atoms with Gasteiger partial charge in [0.1, 0.15) is 0 Å². The molecule has 0 aliphatic heterocycles. The molecule has 1 aromatic heterocycles. The maximum atomic E-state index is 5.96. The second kappa shape index (κ2) is 4.88. The average Bonchev–Trinajstić information content (AvgIpc) is 2.70. The van der Waals surface area contributed by atoms with E-state index in [1.807, 2.05) is 6.07 Å².